The van der Waals surface area contributed by atoms with Gasteiger partial charge in [-0.2, -0.15) is 11.3 Å². The second-order valence-corrected chi connectivity index (χ2v) is 7.89. The van der Waals surface area contributed by atoms with E-state index in [4.69, 9.17) is 0 Å². The number of hydrogen-bond donors (Lipinski definition) is 0. The monoisotopic (exact) mass is 322 g/mol. The molecule has 0 spiro atoms. The molecule has 0 atom stereocenters. The lowest BCUT2D eigenvalue weighted by atomic mass is 9.98. The normalized spacial score (nSPS) is 11.5. The number of hydrogen-bond acceptors (Lipinski definition) is 1. The van der Waals surface area contributed by atoms with Crippen molar-refractivity contribution in [1.29, 1.82) is 0 Å². The van der Waals surface area contributed by atoms with Gasteiger partial charge in [0.1, 0.15) is 0 Å². The van der Waals surface area contributed by atoms with Crippen LogP contribution in [0.15, 0.2) is 10.8 Å². The Balaban J connectivity index is 1.88. The second kappa shape index (κ2) is 13.2. The molecule has 0 saturated heterocycles. The maximum atomic E-state index is 2.37. The fourth-order valence-electron chi connectivity index (χ4n) is 3.20. The van der Waals surface area contributed by atoms with Crippen LogP contribution in [-0.2, 0) is 6.42 Å². The SMILES string of the molecule is CCCCCCCCCCCCCCc1cscc1C(C)C. The van der Waals surface area contributed by atoms with Gasteiger partial charge < -0.3 is 0 Å². The van der Waals surface area contributed by atoms with Gasteiger partial charge in [-0.15, -0.1) is 0 Å². The molecule has 0 aliphatic heterocycles. The smallest absolute Gasteiger partial charge is 0.00558 e. The average molecular weight is 323 g/mol. The van der Waals surface area contributed by atoms with Crippen molar-refractivity contribution >= 4 is 11.3 Å². The van der Waals surface area contributed by atoms with Gasteiger partial charge in [0.05, 0.1) is 0 Å². The summed E-state index contributed by atoms with van der Waals surface area (Å²) in [5, 5.41) is 4.72. The van der Waals surface area contributed by atoms with Gasteiger partial charge in [0.2, 0.25) is 0 Å². The molecule has 1 heterocycles. The van der Waals surface area contributed by atoms with Gasteiger partial charge in [-0.1, -0.05) is 91.4 Å². The molecule has 0 aliphatic carbocycles. The molecule has 0 aromatic carbocycles. The summed E-state index contributed by atoms with van der Waals surface area (Å²) in [5.74, 6) is 0.693. The lowest BCUT2D eigenvalue weighted by Crippen LogP contribution is -1.92. The van der Waals surface area contributed by atoms with E-state index in [1.54, 1.807) is 11.1 Å². The van der Waals surface area contributed by atoms with Crippen LogP contribution in [0.5, 0.6) is 0 Å². The highest BCUT2D eigenvalue weighted by molar-refractivity contribution is 7.08. The Labute approximate surface area is 143 Å². The Kier molecular flexibility index (Phi) is 11.8. The summed E-state index contributed by atoms with van der Waals surface area (Å²) < 4.78 is 0. The topological polar surface area (TPSA) is 0 Å². The number of thiophene rings is 1. The van der Waals surface area contributed by atoms with Crippen LogP contribution in [0, 0.1) is 0 Å². The molecule has 0 radical (unpaired) electrons. The lowest BCUT2D eigenvalue weighted by Gasteiger charge is -2.07. The van der Waals surface area contributed by atoms with E-state index in [0.29, 0.717) is 5.92 Å². The van der Waals surface area contributed by atoms with E-state index in [0.717, 1.165) is 0 Å². The second-order valence-electron chi connectivity index (χ2n) is 7.15. The van der Waals surface area contributed by atoms with Crippen LogP contribution in [0.1, 0.15) is 115 Å². The highest BCUT2D eigenvalue weighted by Gasteiger charge is 2.06. The standard InChI is InChI=1S/C21H38S/c1-4-5-6-7-8-9-10-11-12-13-14-15-16-20-17-22-18-21(20)19(2)3/h17-19H,4-16H2,1-3H3. The predicted molar refractivity (Wildman–Crippen MR) is 103 cm³/mol. The fraction of sp³-hybridized carbons (Fsp3) is 0.810. The summed E-state index contributed by atoms with van der Waals surface area (Å²) in [7, 11) is 0. The molecule has 0 saturated carbocycles. The van der Waals surface area contributed by atoms with Gasteiger partial charge in [-0.25, -0.2) is 0 Å². The molecule has 0 unspecified atom stereocenters. The Hall–Kier alpha value is -0.300. The molecule has 128 valence electrons. The summed E-state index contributed by atoms with van der Waals surface area (Å²) in [6, 6.07) is 0. The molecule has 0 N–H and O–H groups in total. The Morgan fingerprint density at radius 1 is 0.727 bits per heavy atom. The zero-order valence-electron chi connectivity index (χ0n) is 15.3. The van der Waals surface area contributed by atoms with Crippen molar-refractivity contribution in [1.82, 2.24) is 0 Å². The van der Waals surface area contributed by atoms with E-state index in [9.17, 15) is 0 Å². The van der Waals surface area contributed by atoms with Gasteiger partial charge in [-0.05, 0) is 40.6 Å². The number of rotatable bonds is 14. The average Bonchev–Trinajstić information content (AvgIpc) is 2.97. The first-order valence-corrected chi connectivity index (χ1v) is 10.7. The minimum absolute atomic E-state index is 0.693. The first kappa shape index (κ1) is 19.7. The minimum atomic E-state index is 0.693. The Bertz CT molecular complexity index is 351. The summed E-state index contributed by atoms with van der Waals surface area (Å²) in [5.41, 5.74) is 3.21. The van der Waals surface area contributed by atoms with Crippen molar-refractivity contribution in [2.45, 2.75) is 110 Å². The van der Waals surface area contributed by atoms with Gasteiger partial charge in [0.25, 0.3) is 0 Å². The molecular weight excluding hydrogens is 284 g/mol. The summed E-state index contributed by atoms with van der Waals surface area (Å²) in [4.78, 5) is 0. The fourth-order valence-corrected chi connectivity index (χ4v) is 4.26. The van der Waals surface area contributed by atoms with Gasteiger partial charge in [-0.3, -0.25) is 0 Å². The van der Waals surface area contributed by atoms with Crippen LogP contribution in [0.25, 0.3) is 0 Å². The third kappa shape index (κ3) is 8.98. The van der Waals surface area contributed by atoms with Crippen molar-refractivity contribution in [2.75, 3.05) is 0 Å². The third-order valence-electron chi connectivity index (χ3n) is 4.70. The lowest BCUT2D eigenvalue weighted by molar-refractivity contribution is 0.544. The first-order valence-electron chi connectivity index (χ1n) is 9.80. The largest absolute Gasteiger partial charge is 0.152 e. The third-order valence-corrected chi connectivity index (χ3v) is 5.51. The van der Waals surface area contributed by atoms with Gasteiger partial charge in [0.15, 0.2) is 0 Å². The quantitative estimate of drug-likeness (QED) is 0.303. The molecule has 22 heavy (non-hydrogen) atoms. The molecular formula is C21H38S. The maximum Gasteiger partial charge on any atom is -0.00558 e. The Morgan fingerprint density at radius 3 is 1.73 bits per heavy atom. The molecule has 0 aliphatic rings. The summed E-state index contributed by atoms with van der Waals surface area (Å²) in [6.07, 6.45) is 18.6. The molecule has 1 heteroatoms. The Morgan fingerprint density at radius 2 is 1.23 bits per heavy atom. The highest BCUT2D eigenvalue weighted by atomic mass is 32.1. The van der Waals surface area contributed by atoms with Crippen LogP contribution >= 0.6 is 11.3 Å². The van der Waals surface area contributed by atoms with Gasteiger partial charge >= 0.3 is 0 Å². The van der Waals surface area contributed by atoms with E-state index in [1.807, 2.05) is 11.3 Å². The molecule has 0 nitrogen and oxygen atoms in total. The van der Waals surface area contributed by atoms with Crippen molar-refractivity contribution in [3.8, 4) is 0 Å². The van der Waals surface area contributed by atoms with Crippen LogP contribution in [0.4, 0.5) is 0 Å². The molecule has 0 bridgehead atoms. The molecule has 1 aromatic rings. The van der Waals surface area contributed by atoms with Crippen molar-refractivity contribution < 1.29 is 0 Å². The van der Waals surface area contributed by atoms with Crippen LogP contribution in [0.2, 0.25) is 0 Å². The number of aryl methyl sites for hydroxylation is 1. The molecule has 0 amide bonds. The highest BCUT2D eigenvalue weighted by Crippen LogP contribution is 2.25. The zero-order chi connectivity index (χ0) is 16.0. The molecule has 0 fully saturated rings. The maximum absolute atomic E-state index is 2.37. The molecule has 1 aromatic heterocycles. The predicted octanol–water partition coefficient (Wildman–Crippen LogP) is 8.12. The van der Waals surface area contributed by atoms with Crippen molar-refractivity contribution in [3.05, 3.63) is 21.9 Å². The number of unbranched alkanes of at least 4 members (excludes halogenated alkanes) is 11. The van der Waals surface area contributed by atoms with Crippen LogP contribution < -0.4 is 0 Å². The van der Waals surface area contributed by atoms with Crippen molar-refractivity contribution in [2.24, 2.45) is 0 Å². The summed E-state index contributed by atoms with van der Waals surface area (Å²) in [6.45, 7) is 6.92. The first-order chi connectivity index (χ1) is 10.8. The minimum Gasteiger partial charge on any atom is -0.152 e. The zero-order valence-corrected chi connectivity index (χ0v) is 16.1. The van der Waals surface area contributed by atoms with E-state index < -0.39 is 0 Å². The molecule has 1 rings (SSSR count). The van der Waals surface area contributed by atoms with Crippen molar-refractivity contribution in [3.63, 3.8) is 0 Å². The summed E-state index contributed by atoms with van der Waals surface area (Å²) >= 11 is 1.88. The van der Waals surface area contributed by atoms with E-state index in [1.165, 1.54) is 83.5 Å². The van der Waals surface area contributed by atoms with Gasteiger partial charge in [0, 0.05) is 0 Å². The van der Waals surface area contributed by atoms with E-state index in [2.05, 4.69) is 31.5 Å². The van der Waals surface area contributed by atoms with E-state index >= 15 is 0 Å². The van der Waals surface area contributed by atoms with E-state index in [-0.39, 0.29) is 0 Å². The van der Waals surface area contributed by atoms with Crippen LogP contribution in [0.3, 0.4) is 0 Å². The van der Waals surface area contributed by atoms with Crippen LogP contribution in [-0.4, -0.2) is 0 Å².